The molecule has 0 fully saturated rings. The highest BCUT2D eigenvalue weighted by Crippen LogP contribution is 2.29. The molecule has 0 aliphatic heterocycles. The van der Waals surface area contributed by atoms with Gasteiger partial charge in [-0.15, -0.1) is 0 Å². The van der Waals surface area contributed by atoms with Gasteiger partial charge in [0.2, 0.25) is 0 Å². The van der Waals surface area contributed by atoms with E-state index in [1.54, 1.807) is 24.3 Å². The van der Waals surface area contributed by atoms with Gasteiger partial charge < -0.3 is 16.2 Å². The standard InChI is InChI=1S/C12H11N3O3/c13-8-2-1-3-9(6-8)18-10-4-5-12(15(16)17)11(14)7-10/h1-7H,13-14H2. The van der Waals surface area contributed by atoms with E-state index in [4.69, 9.17) is 16.2 Å². The Kier molecular flexibility index (Phi) is 3.01. The highest BCUT2D eigenvalue weighted by Gasteiger charge is 2.11. The van der Waals surface area contributed by atoms with Crippen LogP contribution in [0.5, 0.6) is 11.5 Å². The number of nitrogens with two attached hydrogens (primary N) is 2. The molecule has 18 heavy (non-hydrogen) atoms. The molecule has 6 heteroatoms. The number of rotatable bonds is 3. The Labute approximate surface area is 103 Å². The van der Waals surface area contributed by atoms with Gasteiger partial charge in [-0.05, 0) is 18.2 Å². The van der Waals surface area contributed by atoms with Crippen molar-refractivity contribution in [3.05, 3.63) is 52.6 Å². The van der Waals surface area contributed by atoms with E-state index in [1.165, 1.54) is 18.2 Å². The number of nitro benzene ring substituents is 1. The molecule has 0 saturated heterocycles. The molecular formula is C12H11N3O3. The number of nitrogen functional groups attached to an aromatic ring is 2. The molecule has 0 unspecified atom stereocenters. The number of ether oxygens (including phenoxy) is 1. The summed E-state index contributed by atoms with van der Waals surface area (Å²) in [6, 6.07) is 11.1. The summed E-state index contributed by atoms with van der Waals surface area (Å²) in [4.78, 5) is 10.1. The Hall–Kier alpha value is -2.76. The second kappa shape index (κ2) is 4.62. The van der Waals surface area contributed by atoms with Gasteiger partial charge in [-0.25, -0.2) is 0 Å². The monoisotopic (exact) mass is 245 g/mol. The van der Waals surface area contributed by atoms with Crippen LogP contribution < -0.4 is 16.2 Å². The number of benzene rings is 2. The van der Waals surface area contributed by atoms with Crippen molar-refractivity contribution in [1.82, 2.24) is 0 Å². The molecule has 2 aromatic carbocycles. The molecule has 2 aromatic rings. The van der Waals surface area contributed by atoms with E-state index in [2.05, 4.69) is 0 Å². The van der Waals surface area contributed by atoms with Crippen molar-refractivity contribution < 1.29 is 9.66 Å². The lowest BCUT2D eigenvalue weighted by Crippen LogP contribution is -1.96. The lowest BCUT2D eigenvalue weighted by atomic mass is 10.2. The zero-order chi connectivity index (χ0) is 13.1. The highest BCUT2D eigenvalue weighted by atomic mass is 16.6. The lowest BCUT2D eigenvalue weighted by molar-refractivity contribution is -0.383. The Morgan fingerprint density at radius 1 is 1.06 bits per heavy atom. The largest absolute Gasteiger partial charge is 0.457 e. The Balaban J connectivity index is 2.25. The van der Waals surface area contributed by atoms with Crippen LogP contribution in [0.4, 0.5) is 17.1 Å². The predicted molar refractivity (Wildman–Crippen MR) is 68.4 cm³/mol. The number of anilines is 2. The van der Waals surface area contributed by atoms with Crippen LogP contribution in [-0.4, -0.2) is 4.92 Å². The van der Waals surface area contributed by atoms with Crippen LogP contribution in [0.1, 0.15) is 0 Å². The molecule has 2 rings (SSSR count). The first kappa shape index (κ1) is 11.7. The van der Waals surface area contributed by atoms with Crippen LogP contribution in [0.2, 0.25) is 0 Å². The van der Waals surface area contributed by atoms with Gasteiger partial charge in [-0.2, -0.15) is 0 Å². The first-order chi connectivity index (χ1) is 8.56. The topological polar surface area (TPSA) is 104 Å². The second-order valence-electron chi connectivity index (χ2n) is 3.65. The molecule has 0 heterocycles. The number of nitro groups is 1. The minimum absolute atomic E-state index is 0.0569. The van der Waals surface area contributed by atoms with E-state index in [9.17, 15) is 10.1 Å². The normalized spacial score (nSPS) is 10.0. The van der Waals surface area contributed by atoms with Crippen molar-refractivity contribution in [2.24, 2.45) is 0 Å². The molecule has 0 atom stereocenters. The molecule has 0 spiro atoms. The third kappa shape index (κ3) is 2.49. The van der Waals surface area contributed by atoms with Gasteiger partial charge in [0, 0.05) is 23.9 Å². The van der Waals surface area contributed by atoms with E-state index in [0.717, 1.165) is 0 Å². The molecule has 0 saturated carbocycles. The van der Waals surface area contributed by atoms with Crippen LogP contribution >= 0.6 is 0 Å². The SMILES string of the molecule is Nc1cccc(Oc2ccc([N+](=O)[O-])c(N)c2)c1. The first-order valence-electron chi connectivity index (χ1n) is 5.13. The van der Waals surface area contributed by atoms with Crippen LogP contribution in [0.3, 0.4) is 0 Å². The predicted octanol–water partition coefficient (Wildman–Crippen LogP) is 2.55. The fourth-order valence-corrected chi connectivity index (χ4v) is 1.48. The molecule has 0 radical (unpaired) electrons. The summed E-state index contributed by atoms with van der Waals surface area (Å²) in [5, 5.41) is 10.6. The van der Waals surface area contributed by atoms with Crippen LogP contribution in [0.15, 0.2) is 42.5 Å². The molecule has 0 aromatic heterocycles. The van der Waals surface area contributed by atoms with Crippen molar-refractivity contribution in [2.75, 3.05) is 11.5 Å². The highest BCUT2D eigenvalue weighted by molar-refractivity contribution is 5.61. The maximum absolute atomic E-state index is 10.6. The Morgan fingerprint density at radius 2 is 1.78 bits per heavy atom. The van der Waals surface area contributed by atoms with Crippen LogP contribution in [0, 0.1) is 10.1 Å². The second-order valence-corrected chi connectivity index (χ2v) is 3.65. The van der Waals surface area contributed by atoms with Crippen molar-refractivity contribution in [2.45, 2.75) is 0 Å². The summed E-state index contributed by atoms with van der Waals surface area (Å²) < 4.78 is 5.49. The van der Waals surface area contributed by atoms with E-state index in [1.807, 2.05) is 0 Å². The Morgan fingerprint density at radius 3 is 2.39 bits per heavy atom. The van der Waals surface area contributed by atoms with E-state index in [-0.39, 0.29) is 11.4 Å². The van der Waals surface area contributed by atoms with Crippen molar-refractivity contribution >= 4 is 17.1 Å². The minimum Gasteiger partial charge on any atom is -0.457 e. The summed E-state index contributed by atoms with van der Waals surface area (Å²) in [5.41, 5.74) is 11.7. The van der Waals surface area contributed by atoms with Crippen molar-refractivity contribution in [3.8, 4) is 11.5 Å². The third-order valence-electron chi connectivity index (χ3n) is 2.29. The Bertz CT molecular complexity index is 599. The van der Waals surface area contributed by atoms with Gasteiger partial charge in [-0.3, -0.25) is 10.1 Å². The molecule has 0 amide bonds. The molecule has 6 nitrogen and oxygen atoms in total. The van der Waals surface area contributed by atoms with Crippen molar-refractivity contribution in [1.29, 1.82) is 0 Å². The number of nitrogens with zero attached hydrogens (tertiary/aromatic N) is 1. The van der Waals surface area contributed by atoms with Crippen molar-refractivity contribution in [3.63, 3.8) is 0 Å². The number of hydrogen-bond acceptors (Lipinski definition) is 5. The molecule has 92 valence electrons. The molecule has 0 aliphatic carbocycles. The van der Waals surface area contributed by atoms with Gasteiger partial charge >= 0.3 is 0 Å². The van der Waals surface area contributed by atoms with Crippen LogP contribution in [-0.2, 0) is 0 Å². The quantitative estimate of drug-likeness (QED) is 0.491. The van der Waals surface area contributed by atoms with E-state index < -0.39 is 4.92 Å². The smallest absolute Gasteiger partial charge is 0.292 e. The molecule has 0 bridgehead atoms. The summed E-state index contributed by atoms with van der Waals surface area (Å²) in [6.07, 6.45) is 0. The summed E-state index contributed by atoms with van der Waals surface area (Å²) in [6.45, 7) is 0. The fraction of sp³-hybridized carbons (Fsp3) is 0. The van der Waals surface area contributed by atoms with Gasteiger partial charge in [0.05, 0.1) is 4.92 Å². The third-order valence-corrected chi connectivity index (χ3v) is 2.29. The lowest BCUT2D eigenvalue weighted by Gasteiger charge is -2.07. The zero-order valence-electron chi connectivity index (χ0n) is 9.37. The fourth-order valence-electron chi connectivity index (χ4n) is 1.48. The van der Waals surface area contributed by atoms with Crippen LogP contribution in [0.25, 0.3) is 0 Å². The summed E-state index contributed by atoms with van der Waals surface area (Å²) >= 11 is 0. The van der Waals surface area contributed by atoms with E-state index in [0.29, 0.717) is 17.2 Å². The number of hydrogen-bond donors (Lipinski definition) is 2. The summed E-state index contributed by atoms with van der Waals surface area (Å²) in [5.74, 6) is 0.965. The van der Waals surface area contributed by atoms with Gasteiger partial charge in [0.25, 0.3) is 5.69 Å². The maximum Gasteiger partial charge on any atom is 0.292 e. The minimum atomic E-state index is -0.542. The van der Waals surface area contributed by atoms with Gasteiger partial charge in [-0.1, -0.05) is 6.07 Å². The average molecular weight is 245 g/mol. The first-order valence-corrected chi connectivity index (χ1v) is 5.13. The summed E-state index contributed by atoms with van der Waals surface area (Å²) in [7, 11) is 0. The maximum atomic E-state index is 10.6. The average Bonchev–Trinajstić information content (AvgIpc) is 2.28. The molecular weight excluding hydrogens is 234 g/mol. The molecule has 4 N–H and O–H groups in total. The molecule has 0 aliphatic rings. The van der Waals surface area contributed by atoms with Gasteiger partial charge in [0.1, 0.15) is 17.2 Å². The zero-order valence-corrected chi connectivity index (χ0v) is 9.37. The van der Waals surface area contributed by atoms with Gasteiger partial charge in [0.15, 0.2) is 0 Å². The van der Waals surface area contributed by atoms with E-state index >= 15 is 0 Å².